The highest BCUT2D eigenvalue weighted by Gasteiger charge is 2.19. The summed E-state index contributed by atoms with van der Waals surface area (Å²) in [5.41, 5.74) is 10.1. The van der Waals surface area contributed by atoms with Crippen molar-refractivity contribution in [1.29, 1.82) is 0 Å². The van der Waals surface area contributed by atoms with Gasteiger partial charge in [-0.05, 0) is 92.3 Å². The van der Waals surface area contributed by atoms with Crippen LogP contribution in [0.5, 0.6) is 0 Å². The smallest absolute Gasteiger partial charge is 0.201 e. The number of furan rings is 1. The lowest BCUT2D eigenvalue weighted by molar-refractivity contribution is 0.628. The van der Waals surface area contributed by atoms with Gasteiger partial charge in [0.05, 0.1) is 0 Å². The Morgan fingerprint density at radius 2 is 1.13 bits per heavy atom. The molecule has 1 aromatic heterocycles. The summed E-state index contributed by atoms with van der Waals surface area (Å²) in [4.78, 5) is 2.33. The molecule has 1 aliphatic rings. The summed E-state index contributed by atoms with van der Waals surface area (Å²) in [7, 11) is 0. The van der Waals surface area contributed by atoms with Gasteiger partial charge in [0.15, 0.2) is 0 Å². The topological polar surface area (TPSA) is 28.4 Å². The molecule has 1 aliphatic heterocycles. The predicted octanol–water partition coefficient (Wildman–Crippen LogP) is 12.0. The van der Waals surface area contributed by atoms with Crippen LogP contribution in [0.15, 0.2) is 162 Å². The molecule has 3 heteroatoms. The van der Waals surface area contributed by atoms with Gasteiger partial charge in [-0.2, -0.15) is 0 Å². The Balaban J connectivity index is 1.17. The minimum absolute atomic E-state index is 0.776. The highest BCUT2D eigenvalue weighted by atomic mass is 16.3. The molecular formula is C43H30N2O. The summed E-state index contributed by atoms with van der Waals surface area (Å²) >= 11 is 0. The third-order valence-electron chi connectivity index (χ3n) is 9.07. The lowest BCUT2D eigenvalue weighted by Gasteiger charge is -2.26. The highest BCUT2D eigenvalue weighted by molar-refractivity contribution is 6.13. The van der Waals surface area contributed by atoms with Crippen molar-refractivity contribution in [3.8, 4) is 22.3 Å². The molecule has 2 heterocycles. The first kappa shape index (κ1) is 26.4. The van der Waals surface area contributed by atoms with Gasteiger partial charge in [0.2, 0.25) is 5.88 Å². The molecule has 7 aromatic carbocycles. The van der Waals surface area contributed by atoms with Gasteiger partial charge in [-0.25, -0.2) is 0 Å². The van der Waals surface area contributed by atoms with E-state index in [0.29, 0.717) is 0 Å². The number of fused-ring (bicyclic) bond motifs is 6. The highest BCUT2D eigenvalue weighted by Crippen LogP contribution is 2.42. The number of nitrogens with zero attached hydrogens (tertiary/aromatic N) is 1. The van der Waals surface area contributed by atoms with E-state index in [0.717, 1.165) is 46.0 Å². The van der Waals surface area contributed by atoms with Gasteiger partial charge < -0.3 is 14.6 Å². The molecule has 9 rings (SSSR count). The van der Waals surface area contributed by atoms with Crippen molar-refractivity contribution in [3.63, 3.8) is 0 Å². The third-order valence-corrected chi connectivity index (χ3v) is 9.07. The van der Waals surface area contributed by atoms with Crippen LogP contribution in [-0.2, 0) is 0 Å². The summed E-state index contributed by atoms with van der Waals surface area (Å²) in [6.07, 6.45) is 4.29. The fraction of sp³-hybridized carbons (Fsp3) is 0.0233. The molecule has 0 saturated carbocycles. The molecule has 0 saturated heterocycles. The summed E-state index contributed by atoms with van der Waals surface area (Å²) in [5, 5.41) is 9.54. The van der Waals surface area contributed by atoms with Crippen LogP contribution in [-0.4, -0.2) is 6.54 Å². The van der Waals surface area contributed by atoms with Crippen molar-refractivity contribution in [1.82, 2.24) is 0 Å². The van der Waals surface area contributed by atoms with Crippen LogP contribution in [0.4, 0.5) is 22.9 Å². The monoisotopic (exact) mass is 590 g/mol. The van der Waals surface area contributed by atoms with E-state index in [2.05, 4.69) is 174 Å². The lowest BCUT2D eigenvalue weighted by Crippen LogP contribution is -2.09. The lowest BCUT2D eigenvalue weighted by atomic mass is 9.93. The Kier molecular flexibility index (Phi) is 6.20. The van der Waals surface area contributed by atoms with Gasteiger partial charge in [-0.15, -0.1) is 0 Å². The van der Waals surface area contributed by atoms with E-state index in [9.17, 15) is 0 Å². The largest absolute Gasteiger partial charge is 0.440 e. The van der Waals surface area contributed by atoms with Gasteiger partial charge in [0.1, 0.15) is 5.58 Å². The summed E-state index contributed by atoms with van der Waals surface area (Å²) in [5.74, 6) is 0.834. The maximum Gasteiger partial charge on any atom is 0.201 e. The molecule has 0 spiro atoms. The Morgan fingerprint density at radius 1 is 0.500 bits per heavy atom. The van der Waals surface area contributed by atoms with Crippen LogP contribution in [0.25, 0.3) is 60.8 Å². The molecule has 1 N–H and O–H groups in total. The van der Waals surface area contributed by atoms with Gasteiger partial charge in [0.25, 0.3) is 0 Å². The average molecular weight is 591 g/mol. The molecule has 8 aromatic rings. The SMILES string of the molecule is C1=Cc2c(oc3ccc(N(c4ccc(-c5ccccc5)cc4)c4ccc(-c5cc6ccccc6c6ccccc56)cc4)cc23)NC1. The van der Waals surface area contributed by atoms with Crippen molar-refractivity contribution < 1.29 is 4.42 Å². The van der Waals surface area contributed by atoms with Crippen molar-refractivity contribution in [2.75, 3.05) is 16.8 Å². The van der Waals surface area contributed by atoms with Crippen LogP contribution in [0.1, 0.15) is 5.56 Å². The van der Waals surface area contributed by atoms with E-state index in [-0.39, 0.29) is 0 Å². The maximum absolute atomic E-state index is 6.15. The zero-order valence-electron chi connectivity index (χ0n) is 25.2. The molecule has 0 fully saturated rings. The van der Waals surface area contributed by atoms with Crippen molar-refractivity contribution in [2.24, 2.45) is 0 Å². The number of nitrogens with one attached hydrogen (secondary N) is 1. The number of benzene rings is 7. The van der Waals surface area contributed by atoms with Crippen LogP contribution in [0, 0.1) is 0 Å². The zero-order valence-corrected chi connectivity index (χ0v) is 25.2. The Morgan fingerprint density at radius 3 is 1.91 bits per heavy atom. The van der Waals surface area contributed by atoms with E-state index in [1.165, 1.54) is 43.8 Å². The standard InChI is InChI=1S/C43H30N2O/c1-2-9-29(10-3-1)30-16-20-33(21-17-30)45(35-24-25-42-41(28-35)39-15-8-26-44-43(39)46-42)34-22-18-31(19-23-34)40-27-32-11-4-5-12-36(32)37-13-6-7-14-38(37)40/h1-25,27-28,44H,26H2. The summed E-state index contributed by atoms with van der Waals surface area (Å²) in [6, 6.07) is 54.5. The van der Waals surface area contributed by atoms with Gasteiger partial charge in [-0.1, -0.05) is 115 Å². The summed E-state index contributed by atoms with van der Waals surface area (Å²) < 4.78 is 6.15. The molecule has 0 aliphatic carbocycles. The van der Waals surface area contributed by atoms with Gasteiger partial charge in [-0.3, -0.25) is 0 Å². The molecule has 0 radical (unpaired) electrons. The molecule has 0 atom stereocenters. The van der Waals surface area contributed by atoms with Crippen LogP contribution < -0.4 is 10.2 Å². The fourth-order valence-electron chi connectivity index (χ4n) is 6.83. The van der Waals surface area contributed by atoms with E-state index in [1.807, 2.05) is 0 Å². The second kappa shape index (κ2) is 10.8. The molecule has 3 nitrogen and oxygen atoms in total. The van der Waals surface area contributed by atoms with Crippen LogP contribution >= 0.6 is 0 Å². The molecule has 0 unspecified atom stereocenters. The number of rotatable bonds is 5. The van der Waals surface area contributed by atoms with E-state index < -0.39 is 0 Å². The third kappa shape index (κ3) is 4.44. The number of anilines is 4. The van der Waals surface area contributed by atoms with Crippen molar-refractivity contribution in [2.45, 2.75) is 0 Å². The first-order valence-electron chi connectivity index (χ1n) is 15.7. The minimum Gasteiger partial charge on any atom is -0.440 e. The van der Waals surface area contributed by atoms with Crippen molar-refractivity contribution in [3.05, 3.63) is 163 Å². The Bertz CT molecular complexity index is 2400. The van der Waals surface area contributed by atoms with Crippen LogP contribution in [0.3, 0.4) is 0 Å². The quantitative estimate of drug-likeness (QED) is 0.202. The molecular weight excluding hydrogens is 560 g/mol. The predicted molar refractivity (Wildman–Crippen MR) is 194 cm³/mol. The van der Waals surface area contributed by atoms with Crippen LogP contribution in [0.2, 0.25) is 0 Å². The second-order valence-electron chi connectivity index (χ2n) is 11.8. The normalized spacial score (nSPS) is 12.3. The molecule has 0 bridgehead atoms. The van der Waals surface area contributed by atoms with Gasteiger partial charge in [0, 0.05) is 34.6 Å². The molecule has 46 heavy (non-hydrogen) atoms. The minimum atomic E-state index is 0.776. The fourth-order valence-corrected chi connectivity index (χ4v) is 6.83. The van der Waals surface area contributed by atoms with Crippen molar-refractivity contribution >= 4 is 61.5 Å². The summed E-state index contributed by atoms with van der Waals surface area (Å²) in [6.45, 7) is 0.776. The zero-order chi connectivity index (χ0) is 30.5. The molecule has 0 amide bonds. The maximum atomic E-state index is 6.15. The number of hydrogen-bond donors (Lipinski definition) is 1. The Hall–Kier alpha value is -6.06. The first-order valence-corrected chi connectivity index (χ1v) is 15.7. The molecule has 218 valence electrons. The van der Waals surface area contributed by atoms with Gasteiger partial charge >= 0.3 is 0 Å². The second-order valence-corrected chi connectivity index (χ2v) is 11.8. The van der Waals surface area contributed by atoms with E-state index >= 15 is 0 Å². The average Bonchev–Trinajstić information content (AvgIpc) is 3.51. The number of hydrogen-bond acceptors (Lipinski definition) is 3. The first-order chi connectivity index (χ1) is 22.8. The van der Waals surface area contributed by atoms with E-state index in [4.69, 9.17) is 4.42 Å². The Labute approximate surface area is 267 Å². The van der Waals surface area contributed by atoms with E-state index in [1.54, 1.807) is 0 Å².